The van der Waals surface area contributed by atoms with Gasteiger partial charge in [-0.1, -0.05) is 30.7 Å². The first-order valence-corrected chi connectivity index (χ1v) is 7.88. The molecule has 0 radical (unpaired) electrons. The second-order valence-corrected chi connectivity index (χ2v) is 5.78. The van der Waals surface area contributed by atoms with Crippen LogP contribution in [0.4, 0.5) is 0 Å². The van der Waals surface area contributed by atoms with Gasteiger partial charge >= 0.3 is 0 Å². The number of hydrogen-bond acceptors (Lipinski definition) is 3. The summed E-state index contributed by atoms with van der Waals surface area (Å²) in [6.07, 6.45) is 0.650. The van der Waals surface area contributed by atoms with E-state index in [0.717, 1.165) is 12.0 Å². The quantitative estimate of drug-likeness (QED) is 0.878. The monoisotopic (exact) mass is 310 g/mol. The van der Waals surface area contributed by atoms with Crippen molar-refractivity contribution in [1.29, 1.82) is 0 Å². The smallest absolute Gasteiger partial charge is 0.241 e. The number of amides is 1. The number of carbonyl (C=O) groups excluding carboxylic acids is 1. The van der Waals surface area contributed by atoms with Crippen LogP contribution >= 0.6 is 11.6 Å². The number of nitrogens with one attached hydrogen (secondary N) is 1. The van der Waals surface area contributed by atoms with Crippen LogP contribution in [0.3, 0.4) is 0 Å². The number of hydrogen-bond donors (Lipinski definition) is 1. The number of ether oxygens (including phenoxy) is 1. The maximum absolute atomic E-state index is 12.5. The van der Waals surface area contributed by atoms with E-state index >= 15 is 0 Å². The number of benzene rings is 1. The summed E-state index contributed by atoms with van der Waals surface area (Å²) < 4.78 is 5.58. The minimum absolute atomic E-state index is 0.0121. The van der Waals surface area contributed by atoms with Crippen molar-refractivity contribution in [3.8, 4) is 0 Å². The summed E-state index contributed by atoms with van der Waals surface area (Å²) in [7, 11) is 0. The Labute approximate surface area is 131 Å². The lowest BCUT2D eigenvalue weighted by Gasteiger charge is -2.27. The van der Waals surface area contributed by atoms with E-state index in [1.807, 2.05) is 49.9 Å². The van der Waals surface area contributed by atoms with Crippen molar-refractivity contribution >= 4 is 17.5 Å². The van der Waals surface area contributed by atoms with E-state index in [2.05, 4.69) is 5.32 Å². The molecule has 1 saturated heterocycles. The Kier molecular flexibility index (Phi) is 5.62. The Bertz CT molecular complexity index is 495. The molecule has 0 aromatic heterocycles. The third kappa shape index (κ3) is 3.76. The molecule has 0 saturated carbocycles. The molecule has 0 spiro atoms. The molecule has 5 heteroatoms. The van der Waals surface area contributed by atoms with Gasteiger partial charge in [0.1, 0.15) is 6.17 Å². The van der Waals surface area contributed by atoms with Crippen LogP contribution in [0, 0.1) is 0 Å². The first-order valence-electron chi connectivity index (χ1n) is 7.50. The number of halogens is 1. The number of rotatable bonds is 6. The summed E-state index contributed by atoms with van der Waals surface area (Å²) in [6, 6.07) is 7.51. The molecule has 1 fully saturated rings. The van der Waals surface area contributed by atoms with E-state index in [1.165, 1.54) is 0 Å². The molecule has 0 bridgehead atoms. The summed E-state index contributed by atoms with van der Waals surface area (Å²) in [5.41, 5.74) is 1.01. The first kappa shape index (κ1) is 16.3. The molecule has 1 N–H and O–H groups in total. The van der Waals surface area contributed by atoms with Crippen LogP contribution in [0.1, 0.15) is 38.9 Å². The van der Waals surface area contributed by atoms with Gasteiger partial charge in [0.05, 0.1) is 12.1 Å². The number of carbonyl (C=O) groups is 1. The van der Waals surface area contributed by atoms with Gasteiger partial charge < -0.3 is 9.64 Å². The molecule has 1 aromatic carbocycles. The predicted molar refractivity (Wildman–Crippen MR) is 84.2 cm³/mol. The average Bonchev–Trinajstić information content (AvgIpc) is 2.76. The van der Waals surface area contributed by atoms with Crippen LogP contribution in [0.5, 0.6) is 0 Å². The third-order valence-corrected chi connectivity index (χ3v) is 3.96. The van der Waals surface area contributed by atoms with Gasteiger partial charge in [-0.15, -0.1) is 0 Å². The lowest BCUT2D eigenvalue weighted by Crippen LogP contribution is -2.37. The molecule has 1 amide bonds. The van der Waals surface area contributed by atoms with Gasteiger partial charge in [-0.05, 0) is 38.0 Å². The van der Waals surface area contributed by atoms with Crippen LogP contribution in [-0.4, -0.2) is 36.1 Å². The largest absolute Gasteiger partial charge is 0.377 e. The average molecular weight is 311 g/mol. The zero-order chi connectivity index (χ0) is 15.4. The highest BCUT2D eigenvalue weighted by Gasteiger charge is 2.39. The molecule has 0 aliphatic carbocycles. The molecule has 116 valence electrons. The van der Waals surface area contributed by atoms with Crippen molar-refractivity contribution in [3.63, 3.8) is 0 Å². The Morgan fingerprint density at radius 1 is 1.43 bits per heavy atom. The van der Waals surface area contributed by atoms with Crippen LogP contribution < -0.4 is 5.32 Å². The Morgan fingerprint density at radius 3 is 2.81 bits per heavy atom. The van der Waals surface area contributed by atoms with Gasteiger partial charge in [0.15, 0.2) is 0 Å². The normalized spacial score (nSPS) is 23.6. The number of nitrogens with zero attached hydrogens (tertiary/aromatic N) is 1. The van der Waals surface area contributed by atoms with E-state index in [4.69, 9.17) is 16.3 Å². The minimum Gasteiger partial charge on any atom is -0.377 e. The highest BCUT2D eigenvalue weighted by molar-refractivity contribution is 6.30. The van der Waals surface area contributed by atoms with E-state index in [0.29, 0.717) is 18.2 Å². The zero-order valence-corrected chi connectivity index (χ0v) is 13.6. The summed E-state index contributed by atoms with van der Waals surface area (Å²) >= 11 is 6.08. The lowest BCUT2D eigenvalue weighted by molar-refractivity contribution is -0.132. The Morgan fingerprint density at radius 2 is 2.19 bits per heavy atom. The highest BCUT2D eigenvalue weighted by atomic mass is 35.5. The SMILES string of the molecule is CCOC(C)CN1C(=O)C(CC)NC1c1cccc(Cl)c1. The molecule has 1 aromatic rings. The van der Waals surface area contributed by atoms with Gasteiger partial charge in [-0.3, -0.25) is 10.1 Å². The zero-order valence-electron chi connectivity index (χ0n) is 12.8. The van der Waals surface area contributed by atoms with Crippen molar-refractivity contribution in [1.82, 2.24) is 10.2 Å². The Balaban J connectivity index is 2.22. The minimum atomic E-state index is -0.136. The lowest BCUT2D eigenvalue weighted by atomic mass is 10.1. The van der Waals surface area contributed by atoms with E-state index in [9.17, 15) is 4.79 Å². The molecule has 1 aliphatic heterocycles. The van der Waals surface area contributed by atoms with Gasteiger partial charge in [-0.25, -0.2) is 0 Å². The van der Waals surface area contributed by atoms with Gasteiger partial charge in [0.25, 0.3) is 0 Å². The first-order chi connectivity index (χ1) is 10.1. The summed E-state index contributed by atoms with van der Waals surface area (Å²) in [6.45, 7) is 7.19. The summed E-state index contributed by atoms with van der Waals surface area (Å²) in [5, 5.41) is 4.07. The molecule has 1 aliphatic rings. The van der Waals surface area contributed by atoms with Crippen molar-refractivity contribution < 1.29 is 9.53 Å². The molecular formula is C16H23ClN2O2. The molecular weight excluding hydrogens is 288 g/mol. The maximum Gasteiger partial charge on any atom is 0.241 e. The standard InChI is InChI=1S/C16H23ClN2O2/c1-4-14-16(20)19(10-11(3)21-5-2)15(18-14)12-7-6-8-13(17)9-12/h6-9,11,14-15,18H,4-5,10H2,1-3H3. The predicted octanol–water partition coefficient (Wildman–Crippen LogP) is 2.97. The van der Waals surface area contributed by atoms with Gasteiger partial charge in [0, 0.05) is 18.2 Å². The summed E-state index contributed by atoms with van der Waals surface area (Å²) in [4.78, 5) is 14.4. The second-order valence-electron chi connectivity index (χ2n) is 5.34. The fraction of sp³-hybridized carbons (Fsp3) is 0.562. The molecule has 4 nitrogen and oxygen atoms in total. The van der Waals surface area contributed by atoms with Gasteiger partial charge in [0.2, 0.25) is 5.91 Å². The second kappa shape index (κ2) is 7.25. The molecule has 21 heavy (non-hydrogen) atoms. The maximum atomic E-state index is 12.5. The van der Waals surface area contributed by atoms with Crippen LogP contribution in [0.15, 0.2) is 24.3 Å². The third-order valence-electron chi connectivity index (χ3n) is 3.73. The van der Waals surface area contributed by atoms with Crippen molar-refractivity contribution in [2.24, 2.45) is 0 Å². The van der Waals surface area contributed by atoms with E-state index in [-0.39, 0.29) is 24.2 Å². The van der Waals surface area contributed by atoms with Gasteiger partial charge in [-0.2, -0.15) is 0 Å². The van der Waals surface area contributed by atoms with E-state index in [1.54, 1.807) is 0 Å². The van der Waals surface area contributed by atoms with Crippen molar-refractivity contribution in [3.05, 3.63) is 34.9 Å². The molecule has 2 rings (SSSR count). The fourth-order valence-electron chi connectivity index (χ4n) is 2.73. The van der Waals surface area contributed by atoms with Crippen LogP contribution in [0.25, 0.3) is 0 Å². The molecule has 1 heterocycles. The topological polar surface area (TPSA) is 41.6 Å². The summed E-state index contributed by atoms with van der Waals surface area (Å²) in [5.74, 6) is 0.133. The van der Waals surface area contributed by atoms with Crippen molar-refractivity contribution in [2.45, 2.75) is 45.5 Å². The Hall–Kier alpha value is -1.10. The fourth-order valence-corrected chi connectivity index (χ4v) is 2.93. The molecule has 3 atom stereocenters. The van der Waals surface area contributed by atoms with E-state index < -0.39 is 0 Å². The van der Waals surface area contributed by atoms with Crippen LogP contribution in [0.2, 0.25) is 5.02 Å². The molecule has 3 unspecified atom stereocenters. The van der Waals surface area contributed by atoms with Crippen LogP contribution in [-0.2, 0) is 9.53 Å². The highest BCUT2D eigenvalue weighted by Crippen LogP contribution is 2.28. The van der Waals surface area contributed by atoms with Crippen molar-refractivity contribution in [2.75, 3.05) is 13.2 Å².